The summed E-state index contributed by atoms with van der Waals surface area (Å²) in [6, 6.07) is 3.42. The molecule has 0 saturated heterocycles. The number of hydrogen-bond donors (Lipinski definition) is 2. The number of carbonyl (C=O) groups excluding carboxylic acids is 1. The number of hydrogen-bond acceptors (Lipinski definition) is 3. The van der Waals surface area contributed by atoms with Crippen molar-refractivity contribution in [3.63, 3.8) is 0 Å². The molecule has 0 aliphatic heterocycles. The van der Waals surface area contributed by atoms with Crippen LogP contribution in [-0.4, -0.2) is 27.3 Å². The molecule has 118 valence electrons. The van der Waals surface area contributed by atoms with E-state index in [1.165, 1.54) is 30.5 Å². The Morgan fingerprint density at radius 3 is 2.77 bits per heavy atom. The van der Waals surface area contributed by atoms with Crippen molar-refractivity contribution in [2.45, 2.75) is 32.0 Å². The lowest BCUT2D eigenvalue weighted by molar-refractivity contribution is -0.156. The summed E-state index contributed by atoms with van der Waals surface area (Å²) in [5, 5.41) is 8.31. The zero-order valence-corrected chi connectivity index (χ0v) is 11.8. The number of alkyl halides is 3. The van der Waals surface area contributed by atoms with Crippen molar-refractivity contribution in [3.8, 4) is 0 Å². The highest BCUT2D eigenvalue weighted by Crippen LogP contribution is 2.31. The molecule has 1 unspecified atom stereocenters. The van der Waals surface area contributed by atoms with Crippen molar-refractivity contribution < 1.29 is 18.0 Å². The Labute approximate surface area is 125 Å². The number of nitrogens with one attached hydrogen (secondary N) is 2. The van der Waals surface area contributed by atoms with Gasteiger partial charge in [-0.1, -0.05) is 19.4 Å². The van der Waals surface area contributed by atoms with Crippen LogP contribution in [0, 0.1) is 0 Å². The van der Waals surface area contributed by atoms with Crippen molar-refractivity contribution in [1.29, 1.82) is 0 Å². The lowest BCUT2D eigenvalue weighted by atomic mass is 10.1. The molecule has 0 radical (unpaired) electrons. The third-order valence-corrected chi connectivity index (χ3v) is 2.97. The predicted molar refractivity (Wildman–Crippen MR) is 73.1 cm³/mol. The van der Waals surface area contributed by atoms with Gasteiger partial charge in [0.05, 0.1) is 5.69 Å². The van der Waals surface area contributed by atoms with Gasteiger partial charge in [0.25, 0.3) is 5.91 Å². The van der Waals surface area contributed by atoms with Gasteiger partial charge in [0.2, 0.25) is 0 Å². The molecule has 1 atom stereocenters. The summed E-state index contributed by atoms with van der Waals surface area (Å²) < 4.78 is 39.4. The van der Waals surface area contributed by atoms with Crippen LogP contribution >= 0.6 is 0 Å². The fourth-order valence-corrected chi connectivity index (χ4v) is 1.95. The Morgan fingerprint density at radius 2 is 2.18 bits per heavy atom. The van der Waals surface area contributed by atoms with E-state index in [-0.39, 0.29) is 11.4 Å². The Hall–Kier alpha value is -2.38. The van der Waals surface area contributed by atoms with E-state index in [1.54, 1.807) is 0 Å². The second kappa shape index (κ2) is 6.59. The molecule has 2 heterocycles. The Kier molecular flexibility index (Phi) is 4.79. The van der Waals surface area contributed by atoms with Crippen LogP contribution in [-0.2, 0) is 6.42 Å². The highest BCUT2D eigenvalue weighted by molar-refractivity contribution is 5.92. The molecule has 1 amide bonds. The zero-order chi connectivity index (χ0) is 16.2. The van der Waals surface area contributed by atoms with Gasteiger partial charge in [-0.25, -0.2) is 0 Å². The van der Waals surface area contributed by atoms with Crippen LogP contribution in [0.15, 0.2) is 30.5 Å². The maximum atomic E-state index is 13.1. The van der Waals surface area contributed by atoms with E-state index in [9.17, 15) is 18.0 Å². The summed E-state index contributed by atoms with van der Waals surface area (Å²) in [5.41, 5.74) is 0.357. The van der Waals surface area contributed by atoms with E-state index in [2.05, 4.69) is 15.2 Å². The molecule has 5 nitrogen and oxygen atoms in total. The minimum atomic E-state index is -4.65. The first-order valence-corrected chi connectivity index (χ1v) is 6.74. The number of aromatic nitrogens is 3. The van der Waals surface area contributed by atoms with E-state index in [0.29, 0.717) is 12.1 Å². The van der Waals surface area contributed by atoms with Crippen molar-refractivity contribution in [1.82, 2.24) is 20.5 Å². The van der Waals surface area contributed by atoms with Crippen LogP contribution < -0.4 is 5.32 Å². The van der Waals surface area contributed by atoms with Crippen LogP contribution in [0.25, 0.3) is 0 Å². The third-order valence-electron chi connectivity index (χ3n) is 2.97. The molecule has 2 aromatic heterocycles. The third kappa shape index (κ3) is 3.84. The summed E-state index contributed by atoms with van der Waals surface area (Å²) in [4.78, 5) is 15.6. The second-order valence-electron chi connectivity index (χ2n) is 4.73. The number of carbonyl (C=O) groups is 1. The first-order chi connectivity index (χ1) is 10.4. The normalized spacial score (nSPS) is 12.9. The van der Waals surface area contributed by atoms with Crippen LogP contribution in [0.5, 0.6) is 0 Å². The predicted octanol–water partition coefficient (Wildman–Crippen LogP) is 2.79. The number of halogens is 3. The van der Waals surface area contributed by atoms with Crippen LogP contribution in [0.4, 0.5) is 13.2 Å². The first kappa shape index (κ1) is 16.0. The average molecular weight is 312 g/mol. The number of aryl methyl sites for hydroxylation is 1. The summed E-state index contributed by atoms with van der Waals surface area (Å²) >= 11 is 0. The van der Waals surface area contributed by atoms with Gasteiger partial charge in [0, 0.05) is 11.9 Å². The molecule has 2 rings (SSSR count). The maximum Gasteiger partial charge on any atom is 0.414 e. The lowest BCUT2D eigenvalue weighted by Crippen LogP contribution is -2.38. The minimum absolute atomic E-state index is 0.0753. The summed E-state index contributed by atoms with van der Waals surface area (Å²) in [7, 11) is 0. The molecule has 0 bridgehead atoms. The fraction of sp³-hybridized carbons (Fsp3) is 0.357. The van der Waals surface area contributed by atoms with Crippen molar-refractivity contribution in [2.75, 3.05) is 0 Å². The SMILES string of the molecule is CCCc1cc(C(=O)NC(c2ccccn2)C(F)(F)F)n[nH]1. The van der Waals surface area contributed by atoms with Crippen molar-refractivity contribution >= 4 is 5.91 Å². The number of amides is 1. The van der Waals surface area contributed by atoms with Crippen LogP contribution in [0.1, 0.15) is 41.3 Å². The lowest BCUT2D eigenvalue weighted by Gasteiger charge is -2.20. The van der Waals surface area contributed by atoms with Crippen molar-refractivity contribution in [2.24, 2.45) is 0 Å². The van der Waals surface area contributed by atoms with E-state index in [0.717, 1.165) is 6.42 Å². The standard InChI is InChI=1S/C14H15F3N4O/c1-2-5-9-8-11(21-20-9)13(22)19-12(14(15,16)17)10-6-3-4-7-18-10/h3-4,6-8,12H,2,5H2,1H3,(H,19,22)(H,20,21). The van der Waals surface area contributed by atoms with Gasteiger partial charge in [-0.3, -0.25) is 14.9 Å². The number of aromatic amines is 1. The molecule has 2 aromatic rings. The summed E-state index contributed by atoms with van der Waals surface area (Å²) in [5.74, 6) is -0.897. The average Bonchev–Trinajstić information content (AvgIpc) is 2.93. The first-order valence-electron chi connectivity index (χ1n) is 6.74. The Bertz CT molecular complexity index is 625. The van der Waals surface area contributed by atoms with E-state index in [1.807, 2.05) is 12.2 Å². The van der Waals surface area contributed by atoms with E-state index >= 15 is 0 Å². The monoisotopic (exact) mass is 312 g/mol. The molecular weight excluding hydrogens is 297 g/mol. The largest absolute Gasteiger partial charge is 0.414 e. The van der Waals surface area contributed by atoms with Gasteiger partial charge in [0.15, 0.2) is 6.04 Å². The topological polar surface area (TPSA) is 70.7 Å². The summed E-state index contributed by atoms with van der Waals surface area (Å²) in [6.07, 6.45) is -1.90. The Balaban J connectivity index is 2.18. The molecule has 2 N–H and O–H groups in total. The van der Waals surface area contributed by atoms with Gasteiger partial charge < -0.3 is 5.32 Å². The van der Waals surface area contributed by atoms with Gasteiger partial charge in [-0.05, 0) is 24.6 Å². The molecule has 8 heteroatoms. The van der Waals surface area contributed by atoms with Crippen LogP contribution in [0.2, 0.25) is 0 Å². The molecule has 0 aliphatic rings. The van der Waals surface area contributed by atoms with Crippen molar-refractivity contribution in [3.05, 3.63) is 47.5 Å². The van der Waals surface area contributed by atoms with E-state index < -0.39 is 18.1 Å². The molecule has 0 aliphatic carbocycles. The number of pyridine rings is 1. The molecule has 0 saturated carbocycles. The Morgan fingerprint density at radius 1 is 1.41 bits per heavy atom. The molecule has 0 aromatic carbocycles. The molecular formula is C14H15F3N4O. The quantitative estimate of drug-likeness (QED) is 0.892. The molecule has 0 fully saturated rings. The van der Waals surface area contributed by atoms with Gasteiger partial charge in [0.1, 0.15) is 5.69 Å². The maximum absolute atomic E-state index is 13.1. The second-order valence-corrected chi connectivity index (χ2v) is 4.73. The van der Waals surface area contributed by atoms with Gasteiger partial charge >= 0.3 is 6.18 Å². The number of H-pyrrole nitrogens is 1. The van der Waals surface area contributed by atoms with Gasteiger partial charge in [-0.2, -0.15) is 18.3 Å². The fourth-order valence-electron chi connectivity index (χ4n) is 1.95. The highest BCUT2D eigenvalue weighted by atomic mass is 19.4. The zero-order valence-electron chi connectivity index (χ0n) is 11.8. The van der Waals surface area contributed by atoms with Gasteiger partial charge in [-0.15, -0.1) is 0 Å². The van der Waals surface area contributed by atoms with Crippen LogP contribution in [0.3, 0.4) is 0 Å². The summed E-state index contributed by atoms with van der Waals surface area (Å²) in [6.45, 7) is 1.95. The molecule has 0 spiro atoms. The van der Waals surface area contributed by atoms with E-state index in [4.69, 9.17) is 0 Å². The smallest absolute Gasteiger partial charge is 0.334 e. The number of rotatable bonds is 5. The molecule has 22 heavy (non-hydrogen) atoms. The number of nitrogens with zero attached hydrogens (tertiary/aromatic N) is 2. The highest BCUT2D eigenvalue weighted by Gasteiger charge is 2.43. The minimum Gasteiger partial charge on any atom is -0.334 e.